The van der Waals surface area contributed by atoms with E-state index in [4.69, 9.17) is 18.9 Å². The van der Waals surface area contributed by atoms with Crippen molar-refractivity contribution in [3.05, 3.63) is 0 Å². The summed E-state index contributed by atoms with van der Waals surface area (Å²) in [7, 11) is 0. The molecule has 6 nitrogen and oxygen atoms in total. The van der Waals surface area contributed by atoms with Gasteiger partial charge in [-0.15, -0.1) is 0 Å². The molecule has 6 heteroatoms. The Morgan fingerprint density at radius 1 is 1.00 bits per heavy atom. The van der Waals surface area contributed by atoms with Gasteiger partial charge >= 0.3 is 11.9 Å². The van der Waals surface area contributed by atoms with E-state index in [0.717, 1.165) is 0 Å². The minimum Gasteiger partial charge on any atom is -0.464 e. The molecule has 0 saturated carbocycles. The zero-order chi connectivity index (χ0) is 13.8. The molecule has 1 aliphatic heterocycles. The molecule has 0 spiro atoms. The van der Waals surface area contributed by atoms with Crippen LogP contribution in [0, 0.1) is 0 Å². The number of rotatable bonds is 5. The largest absolute Gasteiger partial charge is 0.464 e. The average molecular weight is 260 g/mol. The van der Waals surface area contributed by atoms with E-state index >= 15 is 0 Å². The Labute approximate surface area is 107 Å². The lowest BCUT2D eigenvalue weighted by Crippen LogP contribution is -2.39. The summed E-state index contributed by atoms with van der Waals surface area (Å²) in [6.07, 6.45) is -1.61. The lowest BCUT2D eigenvalue weighted by atomic mass is 10.2. The summed E-state index contributed by atoms with van der Waals surface area (Å²) in [5.41, 5.74) is 0. The predicted molar refractivity (Wildman–Crippen MR) is 61.7 cm³/mol. The molecule has 0 radical (unpaired) electrons. The minimum atomic E-state index is -1.06. The SMILES string of the molecule is CCOC(=O)C1OC(C)(CC)OC1C(=O)OCC. The Morgan fingerprint density at radius 2 is 1.39 bits per heavy atom. The summed E-state index contributed by atoms with van der Waals surface area (Å²) < 4.78 is 20.7. The first-order valence-electron chi connectivity index (χ1n) is 6.16. The Balaban J connectivity index is 2.83. The Hall–Kier alpha value is -1.14. The molecule has 0 bridgehead atoms. The standard InChI is InChI=1S/C12H20O6/c1-5-12(4)17-8(10(13)15-6-2)9(18-12)11(14)16-7-3/h8-9H,5-7H2,1-4H3. The van der Waals surface area contributed by atoms with Crippen molar-refractivity contribution < 1.29 is 28.5 Å². The van der Waals surface area contributed by atoms with Crippen LogP contribution < -0.4 is 0 Å². The molecule has 104 valence electrons. The van der Waals surface area contributed by atoms with Gasteiger partial charge in [0.05, 0.1) is 13.2 Å². The third-order valence-corrected chi connectivity index (χ3v) is 2.71. The Morgan fingerprint density at radius 3 is 1.67 bits per heavy atom. The molecule has 1 aliphatic rings. The summed E-state index contributed by atoms with van der Waals surface area (Å²) in [4.78, 5) is 23.5. The van der Waals surface area contributed by atoms with Crippen LogP contribution in [0.15, 0.2) is 0 Å². The van der Waals surface area contributed by atoms with Gasteiger partial charge in [-0.3, -0.25) is 0 Å². The first-order valence-corrected chi connectivity index (χ1v) is 6.16. The summed E-state index contributed by atoms with van der Waals surface area (Å²) in [5.74, 6) is -2.17. The second-order valence-corrected chi connectivity index (χ2v) is 4.07. The molecule has 18 heavy (non-hydrogen) atoms. The van der Waals surface area contributed by atoms with Gasteiger partial charge < -0.3 is 18.9 Å². The number of esters is 2. The van der Waals surface area contributed by atoms with Crippen LogP contribution in [-0.4, -0.2) is 43.1 Å². The molecule has 1 rings (SSSR count). The van der Waals surface area contributed by atoms with Crippen molar-refractivity contribution in [1.82, 2.24) is 0 Å². The van der Waals surface area contributed by atoms with Crippen LogP contribution in [0.5, 0.6) is 0 Å². The maximum absolute atomic E-state index is 11.7. The number of hydrogen-bond donors (Lipinski definition) is 0. The predicted octanol–water partition coefficient (Wildman–Crippen LogP) is 1.02. The van der Waals surface area contributed by atoms with Crippen LogP contribution in [-0.2, 0) is 28.5 Å². The molecule has 0 amide bonds. The molecular weight excluding hydrogens is 240 g/mol. The van der Waals surface area contributed by atoms with Crippen LogP contribution in [0.25, 0.3) is 0 Å². The number of ether oxygens (including phenoxy) is 4. The van der Waals surface area contributed by atoms with Gasteiger partial charge in [-0.25, -0.2) is 9.59 Å². The van der Waals surface area contributed by atoms with Crippen molar-refractivity contribution in [1.29, 1.82) is 0 Å². The molecule has 0 N–H and O–H groups in total. The summed E-state index contributed by atoms with van der Waals surface area (Å²) in [5, 5.41) is 0. The van der Waals surface area contributed by atoms with Gasteiger partial charge in [-0.05, 0) is 27.2 Å². The highest BCUT2D eigenvalue weighted by atomic mass is 16.8. The molecule has 0 aliphatic carbocycles. The van der Waals surface area contributed by atoms with Crippen molar-refractivity contribution in [2.45, 2.75) is 52.1 Å². The zero-order valence-corrected chi connectivity index (χ0v) is 11.2. The van der Waals surface area contributed by atoms with Gasteiger partial charge in [0.1, 0.15) is 0 Å². The summed E-state index contributed by atoms with van der Waals surface area (Å²) in [6, 6.07) is 0. The van der Waals surface area contributed by atoms with Crippen molar-refractivity contribution in [2.24, 2.45) is 0 Å². The van der Waals surface area contributed by atoms with E-state index < -0.39 is 29.9 Å². The second-order valence-electron chi connectivity index (χ2n) is 4.07. The van der Waals surface area contributed by atoms with E-state index in [0.29, 0.717) is 6.42 Å². The van der Waals surface area contributed by atoms with Crippen molar-refractivity contribution >= 4 is 11.9 Å². The zero-order valence-electron chi connectivity index (χ0n) is 11.2. The number of carbonyl (C=O) groups excluding carboxylic acids is 2. The number of carbonyl (C=O) groups is 2. The van der Waals surface area contributed by atoms with Crippen LogP contribution in [0.1, 0.15) is 34.1 Å². The van der Waals surface area contributed by atoms with E-state index in [2.05, 4.69) is 0 Å². The molecule has 0 aromatic carbocycles. The Kier molecular flexibility index (Phi) is 5.10. The van der Waals surface area contributed by atoms with Crippen LogP contribution in [0.2, 0.25) is 0 Å². The van der Waals surface area contributed by atoms with E-state index in [1.807, 2.05) is 6.92 Å². The molecule has 1 heterocycles. The molecule has 0 aromatic heterocycles. The smallest absolute Gasteiger partial charge is 0.338 e. The van der Waals surface area contributed by atoms with Crippen LogP contribution in [0.4, 0.5) is 0 Å². The molecule has 1 fully saturated rings. The van der Waals surface area contributed by atoms with E-state index in [1.165, 1.54) is 0 Å². The van der Waals surface area contributed by atoms with E-state index in [1.54, 1.807) is 20.8 Å². The summed E-state index contributed by atoms with van der Waals surface area (Å²) >= 11 is 0. The lowest BCUT2D eigenvalue weighted by molar-refractivity contribution is -0.181. The van der Waals surface area contributed by atoms with Gasteiger partial charge in [0.2, 0.25) is 0 Å². The van der Waals surface area contributed by atoms with Gasteiger partial charge in [-0.2, -0.15) is 0 Å². The van der Waals surface area contributed by atoms with Gasteiger partial charge in [0, 0.05) is 0 Å². The molecule has 2 atom stereocenters. The van der Waals surface area contributed by atoms with Gasteiger partial charge in [-0.1, -0.05) is 6.92 Å². The fourth-order valence-electron chi connectivity index (χ4n) is 1.65. The third kappa shape index (κ3) is 3.20. The second kappa shape index (κ2) is 6.15. The lowest BCUT2D eigenvalue weighted by Gasteiger charge is -2.20. The van der Waals surface area contributed by atoms with Crippen LogP contribution >= 0.6 is 0 Å². The maximum atomic E-state index is 11.7. The Bertz CT molecular complexity index is 288. The van der Waals surface area contributed by atoms with Crippen molar-refractivity contribution in [3.8, 4) is 0 Å². The number of hydrogen-bond acceptors (Lipinski definition) is 6. The first kappa shape index (κ1) is 14.9. The molecule has 0 aromatic rings. The summed E-state index contributed by atoms with van der Waals surface area (Å²) in [6.45, 7) is 7.33. The monoisotopic (exact) mass is 260 g/mol. The van der Waals surface area contributed by atoms with Crippen LogP contribution in [0.3, 0.4) is 0 Å². The van der Waals surface area contributed by atoms with E-state index in [9.17, 15) is 9.59 Å². The molecular formula is C12H20O6. The average Bonchev–Trinajstić information content (AvgIpc) is 2.69. The maximum Gasteiger partial charge on any atom is 0.338 e. The quantitative estimate of drug-likeness (QED) is 0.687. The van der Waals surface area contributed by atoms with Gasteiger partial charge in [0.25, 0.3) is 0 Å². The van der Waals surface area contributed by atoms with Gasteiger partial charge in [0.15, 0.2) is 18.0 Å². The highest BCUT2D eigenvalue weighted by Crippen LogP contribution is 2.32. The topological polar surface area (TPSA) is 71.1 Å². The molecule has 1 saturated heterocycles. The van der Waals surface area contributed by atoms with Crippen molar-refractivity contribution in [2.75, 3.05) is 13.2 Å². The van der Waals surface area contributed by atoms with E-state index in [-0.39, 0.29) is 13.2 Å². The molecule has 2 unspecified atom stereocenters. The normalized spacial score (nSPS) is 31.1. The highest BCUT2D eigenvalue weighted by molar-refractivity contribution is 5.86. The highest BCUT2D eigenvalue weighted by Gasteiger charge is 2.51. The fourth-order valence-corrected chi connectivity index (χ4v) is 1.65. The third-order valence-electron chi connectivity index (χ3n) is 2.71. The van der Waals surface area contributed by atoms with Crippen molar-refractivity contribution in [3.63, 3.8) is 0 Å². The first-order chi connectivity index (χ1) is 8.47. The minimum absolute atomic E-state index is 0.219. The fraction of sp³-hybridized carbons (Fsp3) is 0.833.